The van der Waals surface area contributed by atoms with Gasteiger partial charge in [-0.2, -0.15) is 0 Å². The van der Waals surface area contributed by atoms with Crippen LogP contribution in [0.1, 0.15) is 11.1 Å². The number of nitrogens with zero attached hydrogens (tertiary/aromatic N) is 2. The second kappa shape index (κ2) is 6.44. The fraction of sp³-hybridized carbons (Fsp3) is 0.562. The largest absolute Gasteiger partial charge is 0.497 e. The highest BCUT2D eigenvalue weighted by Gasteiger charge is 2.28. The van der Waals surface area contributed by atoms with Crippen LogP contribution in [0, 0.1) is 0 Å². The maximum Gasteiger partial charge on any atom is 0.320 e. The minimum Gasteiger partial charge on any atom is -0.497 e. The summed E-state index contributed by atoms with van der Waals surface area (Å²) in [6.45, 7) is 3.88. The molecule has 1 aromatic rings. The summed E-state index contributed by atoms with van der Waals surface area (Å²) in [6.07, 6.45) is 0.818. The lowest BCUT2D eigenvalue weighted by Crippen LogP contribution is -2.49. The molecule has 0 saturated carbocycles. The molecular formula is C16H22N2O4. The van der Waals surface area contributed by atoms with Crippen LogP contribution in [0.2, 0.25) is 0 Å². The lowest BCUT2D eigenvalue weighted by molar-refractivity contribution is 0.0421. The zero-order valence-electron chi connectivity index (χ0n) is 13.1. The summed E-state index contributed by atoms with van der Waals surface area (Å²) in [5.74, 6) is 1.58. The number of hydrogen-bond acceptors (Lipinski definition) is 4. The molecule has 2 heterocycles. The number of morpholine rings is 1. The third-order valence-corrected chi connectivity index (χ3v) is 4.28. The number of rotatable bonds is 2. The predicted molar refractivity (Wildman–Crippen MR) is 81.4 cm³/mol. The van der Waals surface area contributed by atoms with Gasteiger partial charge in [-0.25, -0.2) is 4.79 Å². The topological polar surface area (TPSA) is 51.2 Å². The monoisotopic (exact) mass is 306 g/mol. The van der Waals surface area contributed by atoms with Gasteiger partial charge in [-0.3, -0.25) is 0 Å². The molecule has 1 saturated heterocycles. The highest BCUT2D eigenvalue weighted by molar-refractivity contribution is 5.75. The molecule has 0 radical (unpaired) electrons. The molecule has 0 atom stereocenters. The highest BCUT2D eigenvalue weighted by atomic mass is 16.5. The molecule has 0 aliphatic carbocycles. The summed E-state index contributed by atoms with van der Waals surface area (Å²) in [4.78, 5) is 16.4. The maximum absolute atomic E-state index is 12.6. The van der Waals surface area contributed by atoms with E-state index in [1.54, 1.807) is 14.2 Å². The Balaban J connectivity index is 1.79. The van der Waals surface area contributed by atoms with Crippen LogP contribution in [-0.2, 0) is 17.7 Å². The number of hydrogen-bond donors (Lipinski definition) is 0. The first-order valence-corrected chi connectivity index (χ1v) is 7.58. The summed E-state index contributed by atoms with van der Waals surface area (Å²) in [5.41, 5.74) is 2.28. The first kappa shape index (κ1) is 15.0. The van der Waals surface area contributed by atoms with Gasteiger partial charge in [-0.1, -0.05) is 0 Å². The van der Waals surface area contributed by atoms with Crippen molar-refractivity contribution in [3.63, 3.8) is 0 Å². The van der Waals surface area contributed by atoms with E-state index in [-0.39, 0.29) is 6.03 Å². The Bertz CT molecular complexity index is 538. The average Bonchev–Trinajstić information content (AvgIpc) is 2.60. The van der Waals surface area contributed by atoms with Crippen molar-refractivity contribution in [2.75, 3.05) is 47.1 Å². The van der Waals surface area contributed by atoms with E-state index in [2.05, 4.69) is 0 Å². The molecule has 3 rings (SSSR count). The van der Waals surface area contributed by atoms with Crippen LogP contribution in [0.4, 0.5) is 4.79 Å². The highest BCUT2D eigenvalue weighted by Crippen LogP contribution is 2.33. The average molecular weight is 306 g/mol. The van der Waals surface area contributed by atoms with Crippen molar-refractivity contribution in [3.8, 4) is 11.5 Å². The molecule has 0 unspecified atom stereocenters. The smallest absolute Gasteiger partial charge is 0.320 e. The summed E-state index contributed by atoms with van der Waals surface area (Å²) < 4.78 is 16.1. The van der Waals surface area contributed by atoms with Crippen LogP contribution in [0.25, 0.3) is 0 Å². The predicted octanol–water partition coefficient (Wildman–Crippen LogP) is 1.51. The minimum absolute atomic E-state index is 0.0896. The Kier molecular flexibility index (Phi) is 4.38. The Labute approximate surface area is 130 Å². The molecule has 2 aliphatic rings. The number of fused-ring (bicyclic) bond motifs is 1. The summed E-state index contributed by atoms with van der Waals surface area (Å²) in [7, 11) is 3.30. The Hall–Kier alpha value is -1.95. The molecule has 120 valence electrons. The van der Waals surface area contributed by atoms with Gasteiger partial charge in [0.05, 0.1) is 34.0 Å². The van der Waals surface area contributed by atoms with Crippen molar-refractivity contribution >= 4 is 6.03 Å². The maximum atomic E-state index is 12.6. The van der Waals surface area contributed by atoms with Gasteiger partial charge >= 0.3 is 6.03 Å². The Morgan fingerprint density at radius 3 is 2.55 bits per heavy atom. The summed E-state index contributed by atoms with van der Waals surface area (Å²) in [6, 6.07) is 4.00. The third-order valence-electron chi connectivity index (χ3n) is 4.28. The second-order valence-corrected chi connectivity index (χ2v) is 5.52. The second-order valence-electron chi connectivity index (χ2n) is 5.52. The van der Waals surface area contributed by atoms with Gasteiger partial charge in [-0.15, -0.1) is 0 Å². The van der Waals surface area contributed by atoms with Crippen LogP contribution >= 0.6 is 0 Å². The quantitative estimate of drug-likeness (QED) is 0.831. The zero-order valence-corrected chi connectivity index (χ0v) is 13.1. The van der Waals surface area contributed by atoms with E-state index in [0.717, 1.165) is 30.0 Å². The zero-order chi connectivity index (χ0) is 15.5. The molecule has 22 heavy (non-hydrogen) atoms. The number of carbonyl (C=O) groups is 1. The van der Waals surface area contributed by atoms with Crippen molar-refractivity contribution in [2.45, 2.75) is 13.0 Å². The molecule has 0 N–H and O–H groups in total. The van der Waals surface area contributed by atoms with E-state index >= 15 is 0 Å². The summed E-state index contributed by atoms with van der Waals surface area (Å²) >= 11 is 0. The van der Waals surface area contributed by atoms with E-state index in [9.17, 15) is 4.79 Å². The Morgan fingerprint density at radius 1 is 1.09 bits per heavy atom. The number of urea groups is 1. The van der Waals surface area contributed by atoms with Crippen LogP contribution in [0.3, 0.4) is 0 Å². The first-order chi connectivity index (χ1) is 10.7. The van der Waals surface area contributed by atoms with Gasteiger partial charge in [0.1, 0.15) is 11.5 Å². The van der Waals surface area contributed by atoms with Crippen LogP contribution in [0.5, 0.6) is 11.5 Å². The molecule has 1 fully saturated rings. The molecule has 0 spiro atoms. The fourth-order valence-corrected chi connectivity index (χ4v) is 3.02. The van der Waals surface area contributed by atoms with Crippen molar-refractivity contribution in [2.24, 2.45) is 0 Å². The van der Waals surface area contributed by atoms with E-state index in [4.69, 9.17) is 14.2 Å². The summed E-state index contributed by atoms with van der Waals surface area (Å²) in [5, 5.41) is 0. The number of ether oxygens (including phenoxy) is 3. The molecule has 2 aliphatic heterocycles. The minimum atomic E-state index is 0.0896. The van der Waals surface area contributed by atoms with E-state index < -0.39 is 0 Å². The normalized spacial score (nSPS) is 17.9. The molecule has 2 amide bonds. The van der Waals surface area contributed by atoms with Gasteiger partial charge < -0.3 is 24.0 Å². The van der Waals surface area contributed by atoms with E-state index in [1.807, 2.05) is 21.9 Å². The molecular weight excluding hydrogens is 284 g/mol. The van der Waals surface area contributed by atoms with Crippen molar-refractivity contribution in [1.29, 1.82) is 0 Å². The molecule has 1 aromatic carbocycles. The molecule has 0 bridgehead atoms. The Morgan fingerprint density at radius 2 is 1.86 bits per heavy atom. The fourth-order valence-electron chi connectivity index (χ4n) is 3.02. The molecule has 6 nitrogen and oxygen atoms in total. The van der Waals surface area contributed by atoms with Crippen molar-refractivity contribution in [1.82, 2.24) is 9.80 Å². The van der Waals surface area contributed by atoms with E-state index in [0.29, 0.717) is 32.8 Å². The van der Waals surface area contributed by atoms with Crippen LogP contribution in [0.15, 0.2) is 12.1 Å². The van der Waals surface area contributed by atoms with Gasteiger partial charge in [0, 0.05) is 31.3 Å². The van der Waals surface area contributed by atoms with Crippen molar-refractivity contribution in [3.05, 3.63) is 23.3 Å². The van der Waals surface area contributed by atoms with Crippen molar-refractivity contribution < 1.29 is 19.0 Å². The first-order valence-electron chi connectivity index (χ1n) is 7.58. The van der Waals surface area contributed by atoms with Gasteiger partial charge in [0.15, 0.2) is 0 Å². The van der Waals surface area contributed by atoms with Gasteiger partial charge in [0.2, 0.25) is 0 Å². The lowest BCUT2D eigenvalue weighted by Gasteiger charge is -2.36. The number of amides is 2. The molecule has 0 aromatic heterocycles. The number of methoxy groups -OCH3 is 2. The van der Waals surface area contributed by atoms with Crippen LogP contribution in [-0.4, -0.2) is 62.9 Å². The number of carbonyl (C=O) groups excluding carboxylic acids is 1. The SMILES string of the molecule is COc1cc2c(c(OC)c1)CN(C(=O)N1CCOCC1)CC2. The molecule has 6 heteroatoms. The van der Waals surface area contributed by atoms with Crippen LogP contribution < -0.4 is 9.47 Å². The third kappa shape index (κ3) is 2.83. The van der Waals surface area contributed by atoms with Gasteiger partial charge in [-0.05, 0) is 18.1 Å². The van der Waals surface area contributed by atoms with Gasteiger partial charge in [0.25, 0.3) is 0 Å². The van der Waals surface area contributed by atoms with E-state index in [1.165, 1.54) is 5.56 Å². The standard InChI is InChI=1S/C16H22N2O4/c1-20-13-9-12-3-4-18(11-14(12)15(10-13)21-2)16(19)17-5-7-22-8-6-17/h9-10H,3-8,11H2,1-2H3. The lowest BCUT2D eigenvalue weighted by atomic mass is 9.98. The number of benzene rings is 1.